The van der Waals surface area contributed by atoms with Crippen LogP contribution in [0, 0.1) is 18.5 Å². The molecule has 1 aliphatic rings. The molecule has 15 rings (SSSR count). The monoisotopic (exact) mass is 1280 g/mol. The van der Waals surface area contributed by atoms with E-state index in [0.29, 0.717) is 11.5 Å². The number of ether oxygens (including phenoxy) is 1. The van der Waals surface area contributed by atoms with Gasteiger partial charge in [0.05, 0.1) is 27.8 Å². The van der Waals surface area contributed by atoms with Crippen LogP contribution in [0.5, 0.6) is 11.5 Å². The second-order valence-electron chi connectivity index (χ2n) is 25.7. The summed E-state index contributed by atoms with van der Waals surface area (Å²) in [4.78, 5) is 4.94. The zero-order valence-electron chi connectivity index (χ0n) is 49.2. The van der Waals surface area contributed by atoms with E-state index in [9.17, 15) is 0 Å². The van der Waals surface area contributed by atoms with Gasteiger partial charge in [0.2, 0.25) is 0 Å². The maximum atomic E-state index is 6.94. The van der Waals surface area contributed by atoms with Crippen molar-refractivity contribution in [1.82, 2.24) is 18.7 Å². The summed E-state index contributed by atoms with van der Waals surface area (Å²) < 4.78 is 16.1. The molecule has 0 bridgehead atoms. The molecular formula is C78H63N5OPt-2. The number of rotatable bonds is 6. The maximum Gasteiger partial charge on any atom is 0.268 e. The molecule has 0 radical (unpaired) electrons. The fraction of sp³-hybridized carbons (Fsp3) is 0.154. The first-order valence-corrected chi connectivity index (χ1v) is 29.2. The van der Waals surface area contributed by atoms with Crippen LogP contribution in [0.15, 0.2) is 219 Å². The third kappa shape index (κ3) is 8.95. The molecule has 0 fully saturated rings. The summed E-state index contributed by atoms with van der Waals surface area (Å²) in [5.74, 6) is 1.96. The van der Waals surface area contributed by atoms with E-state index >= 15 is 0 Å². The zero-order chi connectivity index (χ0) is 57.4. The molecule has 0 amide bonds. The normalized spacial score (nSPS) is 12.4. The topological polar surface area (TPSA) is 40.8 Å². The van der Waals surface area contributed by atoms with Gasteiger partial charge in [0, 0.05) is 60.7 Å². The van der Waals surface area contributed by atoms with Crippen LogP contribution in [-0.2, 0) is 37.3 Å². The van der Waals surface area contributed by atoms with Gasteiger partial charge >= 0.3 is 0 Å². The summed E-state index contributed by atoms with van der Waals surface area (Å²) >= 11 is 0. The minimum atomic E-state index is -0.100. The van der Waals surface area contributed by atoms with Gasteiger partial charge in [0.1, 0.15) is 5.82 Å². The van der Waals surface area contributed by atoms with Crippen molar-refractivity contribution in [2.75, 3.05) is 0 Å². The number of nitrogens with zero attached hydrogens (tertiary/aromatic N) is 5. The Morgan fingerprint density at radius 2 is 0.929 bits per heavy atom. The number of hydrogen-bond donors (Lipinski definition) is 0. The van der Waals surface area contributed by atoms with Gasteiger partial charge in [-0.2, -0.15) is 18.2 Å². The van der Waals surface area contributed by atoms with E-state index < -0.39 is 0 Å². The van der Waals surface area contributed by atoms with Crippen LogP contribution in [-0.4, -0.2) is 18.7 Å². The van der Waals surface area contributed by atoms with E-state index in [0.717, 1.165) is 106 Å². The van der Waals surface area contributed by atoms with Crippen LogP contribution >= 0.6 is 0 Å². The van der Waals surface area contributed by atoms with Gasteiger partial charge in [-0.1, -0.05) is 207 Å². The first-order chi connectivity index (χ1) is 40.5. The molecule has 7 heteroatoms. The minimum absolute atomic E-state index is 0. The number of pyridine rings is 1. The molecule has 0 spiro atoms. The van der Waals surface area contributed by atoms with Gasteiger partial charge in [0.15, 0.2) is 0 Å². The van der Waals surface area contributed by atoms with Crippen LogP contribution in [0.2, 0.25) is 0 Å². The molecule has 0 saturated carbocycles. The number of benzene rings is 10. The molecule has 0 atom stereocenters. The first-order valence-electron chi connectivity index (χ1n) is 29.2. The van der Waals surface area contributed by atoms with Gasteiger partial charge in [-0.3, -0.25) is 4.57 Å². The number of aromatic nitrogens is 5. The molecule has 4 aromatic heterocycles. The Morgan fingerprint density at radius 1 is 0.412 bits per heavy atom. The van der Waals surface area contributed by atoms with Gasteiger partial charge in [-0.25, -0.2) is 4.98 Å². The smallest absolute Gasteiger partial charge is 0.268 e. The van der Waals surface area contributed by atoms with Gasteiger partial charge < -0.3 is 18.4 Å². The van der Waals surface area contributed by atoms with Crippen molar-refractivity contribution in [3.63, 3.8) is 0 Å². The predicted octanol–water partition coefficient (Wildman–Crippen LogP) is 19.6. The van der Waals surface area contributed by atoms with Crippen molar-refractivity contribution in [3.8, 4) is 78.9 Å². The molecule has 0 unspecified atom stereocenters. The summed E-state index contributed by atoms with van der Waals surface area (Å²) in [6.45, 7) is 20.6. The molecule has 1 aliphatic heterocycles. The molecule has 10 aromatic carbocycles. The predicted molar refractivity (Wildman–Crippen MR) is 346 cm³/mol. The summed E-state index contributed by atoms with van der Waals surface area (Å²) in [6.07, 6.45) is 6.01. The molecule has 0 aliphatic carbocycles. The molecule has 0 N–H and O–H groups in total. The van der Waals surface area contributed by atoms with Gasteiger partial charge in [0.25, 0.3) is 6.33 Å². The summed E-state index contributed by atoms with van der Waals surface area (Å²) in [6, 6.07) is 84.8. The zero-order valence-corrected chi connectivity index (χ0v) is 51.5. The Kier molecular flexibility index (Phi) is 12.7. The Labute approximate surface area is 511 Å². The van der Waals surface area contributed by atoms with E-state index in [1.165, 1.54) is 33.0 Å². The largest absolute Gasteiger partial charge is 0.510 e. The third-order valence-corrected chi connectivity index (χ3v) is 17.1. The quantitative estimate of drug-likeness (QED) is 0.123. The summed E-state index contributed by atoms with van der Waals surface area (Å²) in [5.41, 5.74) is 21.7. The second-order valence-corrected chi connectivity index (χ2v) is 25.7. The SMILES string of the molecule is CC(C)(C)c1cc(-c2cccc3c2-[n+]2[c-]n(-c4[c-]c(Oc5[c-]c6c(cc5)c5ccccc5n6-c5cc(C(C)(C)C)ccn5)ccc4)c4cc(-n5c6ccccc6c6ccccc65)cc(c42)-c2ccccc2-c2ccccc2-3)cc(C(C)(C)C)c1.[Pt]. The molecular weight excluding hydrogens is 1220 g/mol. The van der Waals surface area contributed by atoms with Crippen molar-refractivity contribution in [3.05, 3.63) is 254 Å². The average Bonchev–Trinajstić information content (AvgIpc) is 2.24. The second kappa shape index (κ2) is 20.0. The maximum absolute atomic E-state index is 6.94. The Hall–Kier alpha value is -9.09. The Morgan fingerprint density at radius 3 is 1.55 bits per heavy atom. The Bertz CT molecular complexity index is 4930. The van der Waals surface area contributed by atoms with E-state index in [2.05, 4.69) is 299 Å². The fourth-order valence-corrected chi connectivity index (χ4v) is 12.8. The van der Waals surface area contributed by atoms with Crippen LogP contribution in [0.1, 0.15) is 79.0 Å². The first kappa shape index (κ1) is 53.9. The molecule has 85 heavy (non-hydrogen) atoms. The summed E-state index contributed by atoms with van der Waals surface area (Å²) in [7, 11) is 0. The molecule has 0 saturated heterocycles. The number of hydrogen-bond acceptors (Lipinski definition) is 2. The number of fused-ring (bicyclic) bond motifs is 13. The van der Waals surface area contributed by atoms with E-state index in [1.807, 2.05) is 18.3 Å². The van der Waals surface area contributed by atoms with Crippen LogP contribution in [0.3, 0.4) is 0 Å². The number of para-hydroxylation sites is 4. The molecule has 6 nitrogen and oxygen atoms in total. The van der Waals surface area contributed by atoms with E-state index in [1.54, 1.807) is 0 Å². The van der Waals surface area contributed by atoms with Crippen LogP contribution in [0.4, 0.5) is 0 Å². The third-order valence-electron chi connectivity index (χ3n) is 17.1. The Balaban J connectivity index is 0.00000640. The number of imidazole rings is 1. The van der Waals surface area contributed by atoms with E-state index in [4.69, 9.17) is 9.72 Å². The van der Waals surface area contributed by atoms with E-state index in [-0.39, 0.29) is 37.3 Å². The summed E-state index contributed by atoms with van der Waals surface area (Å²) in [5, 5.41) is 4.60. The average molecular weight is 1280 g/mol. The molecule has 5 heterocycles. The van der Waals surface area contributed by atoms with Crippen molar-refractivity contribution in [1.29, 1.82) is 0 Å². The fourth-order valence-electron chi connectivity index (χ4n) is 12.8. The minimum Gasteiger partial charge on any atom is -0.510 e. The van der Waals surface area contributed by atoms with Crippen LogP contribution < -0.4 is 9.30 Å². The standard InChI is InChI=1S/C78H63N5O.Pt/c1-76(2,3)50-38-39-79-73(43-50)83-70-35-19-16-30-64(70)65-37-36-56(47-71(65)83)84-55-23-20-22-53(44-55)80-48-81-74-57(49-40-51(77(4,5)6)42-52(41-49)78(7,8)9)31-21-32-66(74)60-26-12-10-24-58(60)59-25-11-13-27-61(59)67-45-54(46-72(80)75(67)81)82-68-33-17-14-28-62(68)63-29-15-18-34-69(63)82;/h10-43,45-46H,1-9H3;/q-2;. The molecule has 418 valence electrons. The van der Waals surface area contributed by atoms with Crippen LogP contribution in [0.25, 0.3) is 122 Å². The van der Waals surface area contributed by atoms with Gasteiger partial charge in [-0.05, 0) is 131 Å². The van der Waals surface area contributed by atoms with Gasteiger partial charge in [-0.15, -0.1) is 29.7 Å². The van der Waals surface area contributed by atoms with Crippen molar-refractivity contribution in [2.24, 2.45) is 0 Å². The van der Waals surface area contributed by atoms with Crippen molar-refractivity contribution in [2.45, 2.75) is 78.6 Å². The van der Waals surface area contributed by atoms with Crippen molar-refractivity contribution < 1.29 is 30.4 Å². The molecule has 14 aromatic rings. The van der Waals surface area contributed by atoms with Crippen molar-refractivity contribution >= 4 is 54.6 Å².